The molecule has 32 heavy (non-hydrogen) atoms. The summed E-state index contributed by atoms with van der Waals surface area (Å²) in [7, 11) is 0. The molecule has 164 valence electrons. The lowest BCUT2D eigenvalue weighted by Crippen LogP contribution is -2.24. The lowest BCUT2D eigenvalue weighted by Gasteiger charge is -2.12. The van der Waals surface area contributed by atoms with Gasteiger partial charge in [-0.3, -0.25) is 9.59 Å². The molecule has 3 heterocycles. The monoisotopic (exact) mass is 464 g/mol. The SMILES string of the molecule is O=C(CCCNC(=O)c1cccs1)Nc1sc2c(c1-c1nc3ccccc3[nH]1)CCCC2. The van der Waals surface area contributed by atoms with Gasteiger partial charge in [0.1, 0.15) is 10.8 Å². The molecule has 0 aliphatic heterocycles. The first-order valence-electron chi connectivity index (χ1n) is 10.9. The molecule has 6 nitrogen and oxygen atoms in total. The average Bonchev–Trinajstić information content (AvgIpc) is 3.54. The van der Waals surface area contributed by atoms with Crippen LogP contribution in [0.4, 0.5) is 5.00 Å². The maximum Gasteiger partial charge on any atom is 0.261 e. The Hall–Kier alpha value is -2.97. The zero-order valence-electron chi connectivity index (χ0n) is 17.6. The summed E-state index contributed by atoms with van der Waals surface area (Å²) in [4.78, 5) is 35.0. The van der Waals surface area contributed by atoms with E-state index in [2.05, 4.69) is 15.6 Å². The van der Waals surface area contributed by atoms with Gasteiger partial charge in [0.2, 0.25) is 5.91 Å². The van der Waals surface area contributed by atoms with Crippen LogP contribution in [0.5, 0.6) is 0 Å². The van der Waals surface area contributed by atoms with Gasteiger partial charge < -0.3 is 15.6 Å². The van der Waals surface area contributed by atoms with Crippen LogP contribution in [0.2, 0.25) is 0 Å². The zero-order valence-corrected chi connectivity index (χ0v) is 19.2. The van der Waals surface area contributed by atoms with Gasteiger partial charge in [-0.25, -0.2) is 4.98 Å². The number of aromatic nitrogens is 2. The second-order valence-electron chi connectivity index (χ2n) is 7.90. The number of aromatic amines is 1. The van der Waals surface area contributed by atoms with Gasteiger partial charge in [0.15, 0.2) is 0 Å². The van der Waals surface area contributed by atoms with E-state index in [1.54, 1.807) is 17.4 Å². The Morgan fingerprint density at radius 2 is 1.97 bits per heavy atom. The Labute approximate surface area is 194 Å². The number of nitrogens with zero attached hydrogens (tertiary/aromatic N) is 1. The van der Waals surface area contributed by atoms with Crippen molar-refractivity contribution in [1.29, 1.82) is 0 Å². The molecule has 2 amide bonds. The van der Waals surface area contributed by atoms with Crippen molar-refractivity contribution in [2.75, 3.05) is 11.9 Å². The molecule has 0 atom stereocenters. The maximum absolute atomic E-state index is 12.7. The van der Waals surface area contributed by atoms with Crippen LogP contribution in [0.3, 0.4) is 0 Å². The third-order valence-electron chi connectivity index (χ3n) is 5.66. The number of nitrogens with one attached hydrogen (secondary N) is 3. The molecule has 0 saturated heterocycles. The van der Waals surface area contributed by atoms with E-state index in [-0.39, 0.29) is 11.8 Å². The van der Waals surface area contributed by atoms with Gasteiger partial charge in [0.25, 0.3) is 5.91 Å². The molecule has 0 spiro atoms. The summed E-state index contributed by atoms with van der Waals surface area (Å²) in [6.07, 6.45) is 5.36. The topological polar surface area (TPSA) is 86.9 Å². The number of benzene rings is 1. The quantitative estimate of drug-likeness (QED) is 0.321. The van der Waals surface area contributed by atoms with E-state index in [0.717, 1.165) is 46.7 Å². The van der Waals surface area contributed by atoms with E-state index in [4.69, 9.17) is 4.98 Å². The second-order valence-corrected chi connectivity index (χ2v) is 9.96. The van der Waals surface area contributed by atoms with Gasteiger partial charge >= 0.3 is 0 Å². The molecule has 1 aliphatic carbocycles. The summed E-state index contributed by atoms with van der Waals surface area (Å²) in [5.41, 5.74) is 4.29. The van der Waals surface area contributed by atoms with Gasteiger partial charge in [-0.2, -0.15) is 0 Å². The fraction of sp³-hybridized carbons (Fsp3) is 0.292. The molecule has 3 aromatic heterocycles. The fourth-order valence-corrected chi connectivity index (χ4v) is 6.06. The molecular formula is C24H24N4O2S2. The molecule has 4 aromatic rings. The van der Waals surface area contributed by atoms with Crippen LogP contribution < -0.4 is 10.6 Å². The molecule has 0 fully saturated rings. The third kappa shape index (κ3) is 4.33. The number of rotatable bonds is 7. The highest BCUT2D eigenvalue weighted by Crippen LogP contribution is 2.43. The molecule has 0 unspecified atom stereocenters. The highest BCUT2D eigenvalue weighted by Gasteiger charge is 2.25. The van der Waals surface area contributed by atoms with E-state index < -0.39 is 0 Å². The first-order valence-corrected chi connectivity index (χ1v) is 12.6. The minimum Gasteiger partial charge on any atom is -0.351 e. The minimum absolute atomic E-state index is 0.0358. The zero-order chi connectivity index (χ0) is 21.9. The predicted molar refractivity (Wildman–Crippen MR) is 131 cm³/mol. The Morgan fingerprint density at radius 1 is 1.09 bits per heavy atom. The lowest BCUT2D eigenvalue weighted by molar-refractivity contribution is -0.116. The highest BCUT2D eigenvalue weighted by molar-refractivity contribution is 7.17. The molecule has 0 radical (unpaired) electrons. The molecule has 8 heteroatoms. The summed E-state index contributed by atoms with van der Waals surface area (Å²) in [5.74, 6) is 0.703. The minimum atomic E-state index is -0.0847. The smallest absolute Gasteiger partial charge is 0.261 e. The molecule has 0 saturated carbocycles. The Morgan fingerprint density at radius 3 is 2.81 bits per heavy atom. The van der Waals surface area contributed by atoms with Gasteiger partial charge in [-0.15, -0.1) is 22.7 Å². The van der Waals surface area contributed by atoms with Crippen LogP contribution in [0.1, 0.15) is 45.8 Å². The maximum atomic E-state index is 12.7. The van der Waals surface area contributed by atoms with Gasteiger partial charge in [-0.1, -0.05) is 18.2 Å². The van der Waals surface area contributed by atoms with Crippen molar-refractivity contribution in [1.82, 2.24) is 15.3 Å². The predicted octanol–water partition coefficient (Wildman–Crippen LogP) is 5.38. The molecule has 0 bridgehead atoms. The number of amides is 2. The third-order valence-corrected chi connectivity index (χ3v) is 7.74. The number of hydrogen-bond acceptors (Lipinski definition) is 5. The number of para-hydroxylation sites is 2. The Balaban J connectivity index is 1.28. The van der Waals surface area contributed by atoms with Crippen molar-refractivity contribution in [2.24, 2.45) is 0 Å². The summed E-state index contributed by atoms with van der Waals surface area (Å²) in [5, 5.41) is 8.77. The fourth-order valence-electron chi connectivity index (χ4n) is 4.11. The number of aryl methyl sites for hydroxylation is 1. The summed E-state index contributed by atoms with van der Waals surface area (Å²) in [6, 6.07) is 11.6. The van der Waals surface area contributed by atoms with Gasteiger partial charge in [0, 0.05) is 17.8 Å². The molecular weight excluding hydrogens is 440 g/mol. The summed E-state index contributed by atoms with van der Waals surface area (Å²) < 4.78 is 0. The number of fused-ring (bicyclic) bond motifs is 2. The van der Waals surface area contributed by atoms with Crippen molar-refractivity contribution >= 4 is 50.5 Å². The van der Waals surface area contributed by atoms with Crippen LogP contribution in [0.25, 0.3) is 22.4 Å². The number of carbonyl (C=O) groups is 2. The normalized spacial score (nSPS) is 13.1. The van der Waals surface area contributed by atoms with Crippen molar-refractivity contribution in [3.8, 4) is 11.4 Å². The van der Waals surface area contributed by atoms with Crippen LogP contribution in [-0.4, -0.2) is 28.3 Å². The molecule has 1 aromatic carbocycles. The standard InChI is InChI=1S/C24H24N4O2S2/c29-20(12-5-13-25-23(30)19-11-6-14-31-19)28-24-21(15-7-1-4-10-18(15)32-24)22-26-16-8-2-3-9-17(16)27-22/h2-3,6,8-9,11,14H,1,4-5,7,10,12-13H2,(H,25,30)(H,26,27)(H,28,29). The number of thiophene rings is 2. The van der Waals surface area contributed by atoms with E-state index in [1.165, 1.54) is 28.2 Å². The van der Waals surface area contributed by atoms with E-state index in [9.17, 15) is 9.59 Å². The van der Waals surface area contributed by atoms with E-state index in [1.807, 2.05) is 35.7 Å². The summed E-state index contributed by atoms with van der Waals surface area (Å²) >= 11 is 3.09. The number of hydrogen-bond donors (Lipinski definition) is 3. The first kappa shape index (κ1) is 20.9. The highest BCUT2D eigenvalue weighted by atomic mass is 32.1. The molecule has 3 N–H and O–H groups in total. The van der Waals surface area contributed by atoms with Gasteiger partial charge in [-0.05, 0) is 61.2 Å². The Kier molecular flexibility index (Phi) is 6.05. The Bertz CT molecular complexity index is 1220. The van der Waals surface area contributed by atoms with Crippen molar-refractivity contribution in [2.45, 2.75) is 38.5 Å². The average molecular weight is 465 g/mol. The van der Waals surface area contributed by atoms with E-state index in [0.29, 0.717) is 24.3 Å². The van der Waals surface area contributed by atoms with E-state index >= 15 is 0 Å². The number of anilines is 1. The van der Waals surface area contributed by atoms with Crippen molar-refractivity contribution < 1.29 is 9.59 Å². The van der Waals surface area contributed by atoms with Crippen molar-refractivity contribution in [3.05, 3.63) is 57.1 Å². The van der Waals surface area contributed by atoms with Crippen LogP contribution in [0, 0.1) is 0 Å². The lowest BCUT2D eigenvalue weighted by atomic mass is 9.95. The number of carbonyl (C=O) groups excluding carboxylic acids is 2. The second kappa shape index (κ2) is 9.26. The van der Waals surface area contributed by atoms with Gasteiger partial charge in [0.05, 0.1) is 21.5 Å². The molecule has 5 rings (SSSR count). The van der Waals surface area contributed by atoms with Crippen LogP contribution in [0.15, 0.2) is 41.8 Å². The van der Waals surface area contributed by atoms with Crippen LogP contribution >= 0.6 is 22.7 Å². The number of H-pyrrole nitrogens is 1. The summed E-state index contributed by atoms with van der Waals surface area (Å²) in [6.45, 7) is 0.474. The largest absolute Gasteiger partial charge is 0.351 e. The first-order chi connectivity index (χ1) is 15.7. The van der Waals surface area contributed by atoms with Crippen molar-refractivity contribution in [3.63, 3.8) is 0 Å². The number of imidazole rings is 1. The van der Waals surface area contributed by atoms with Crippen LogP contribution in [-0.2, 0) is 17.6 Å². The molecule has 1 aliphatic rings.